The van der Waals surface area contributed by atoms with Gasteiger partial charge in [-0.25, -0.2) is 19.2 Å². The van der Waals surface area contributed by atoms with Crippen molar-refractivity contribution in [3.05, 3.63) is 70.7 Å². The standard InChI is InChI=1S/C27H30FN5O5/c1-27(2,3)38-26(34)31-18-10-8-17(9-11-18)30-25-29-15-14-22(32-25)20-6-4-5-7-23(20)37-24-13-12-19(33(35)36)16-21(24)28/h4-7,12-18H,8-11H2,1-3H3,(H,31,34)(H,29,30,32). The first-order valence-electron chi connectivity index (χ1n) is 12.4. The molecule has 1 saturated carbocycles. The van der Waals surface area contributed by atoms with Gasteiger partial charge in [-0.1, -0.05) is 12.1 Å². The molecule has 1 aliphatic rings. The largest absolute Gasteiger partial charge is 0.454 e. The van der Waals surface area contributed by atoms with E-state index >= 15 is 0 Å². The minimum atomic E-state index is -0.837. The van der Waals surface area contributed by atoms with Crippen molar-refractivity contribution in [2.45, 2.75) is 64.1 Å². The molecule has 1 fully saturated rings. The number of ether oxygens (including phenoxy) is 2. The highest BCUT2D eigenvalue weighted by Gasteiger charge is 2.25. The van der Waals surface area contributed by atoms with Crippen LogP contribution in [0.2, 0.25) is 0 Å². The molecule has 10 nitrogen and oxygen atoms in total. The zero-order valence-corrected chi connectivity index (χ0v) is 21.4. The first-order chi connectivity index (χ1) is 18.1. The molecule has 3 aromatic rings. The highest BCUT2D eigenvalue weighted by molar-refractivity contribution is 5.69. The van der Waals surface area contributed by atoms with Crippen molar-refractivity contribution in [3.63, 3.8) is 0 Å². The van der Waals surface area contributed by atoms with Crippen molar-refractivity contribution < 1.29 is 23.6 Å². The lowest BCUT2D eigenvalue weighted by molar-refractivity contribution is -0.385. The molecular weight excluding hydrogens is 493 g/mol. The summed E-state index contributed by atoms with van der Waals surface area (Å²) in [6.45, 7) is 5.50. The molecule has 200 valence electrons. The van der Waals surface area contributed by atoms with Crippen molar-refractivity contribution in [1.82, 2.24) is 15.3 Å². The normalized spacial score (nSPS) is 17.4. The minimum absolute atomic E-state index is 0.0546. The molecule has 0 aliphatic heterocycles. The van der Waals surface area contributed by atoms with Gasteiger partial charge >= 0.3 is 6.09 Å². The number of nitrogens with one attached hydrogen (secondary N) is 2. The summed E-state index contributed by atoms with van der Waals surface area (Å²) in [4.78, 5) is 31.3. The number of carbonyl (C=O) groups excluding carboxylic acids is 1. The Balaban J connectivity index is 1.41. The quantitative estimate of drug-likeness (QED) is 0.275. The van der Waals surface area contributed by atoms with Crippen molar-refractivity contribution >= 4 is 17.7 Å². The molecule has 1 amide bonds. The summed E-state index contributed by atoms with van der Waals surface area (Å²) in [6, 6.07) is 12.2. The van der Waals surface area contributed by atoms with E-state index in [1.807, 2.05) is 26.8 Å². The second kappa shape index (κ2) is 11.4. The van der Waals surface area contributed by atoms with Gasteiger partial charge in [0.15, 0.2) is 11.6 Å². The van der Waals surface area contributed by atoms with E-state index in [1.165, 1.54) is 12.1 Å². The Labute approximate surface area is 219 Å². The van der Waals surface area contributed by atoms with Gasteiger partial charge in [0.2, 0.25) is 5.95 Å². The van der Waals surface area contributed by atoms with Gasteiger partial charge in [0.1, 0.15) is 11.4 Å². The minimum Gasteiger partial charge on any atom is -0.454 e. The molecule has 1 aliphatic carbocycles. The van der Waals surface area contributed by atoms with E-state index < -0.39 is 22.4 Å². The van der Waals surface area contributed by atoms with E-state index in [2.05, 4.69) is 20.6 Å². The number of halogens is 1. The molecule has 4 rings (SSSR count). The summed E-state index contributed by atoms with van der Waals surface area (Å²) in [7, 11) is 0. The molecule has 0 unspecified atom stereocenters. The van der Waals surface area contributed by atoms with Gasteiger partial charge in [-0.2, -0.15) is 0 Å². The van der Waals surface area contributed by atoms with Crippen LogP contribution in [0.4, 0.5) is 20.8 Å². The Morgan fingerprint density at radius 1 is 1.05 bits per heavy atom. The number of amides is 1. The Bertz CT molecular complexity index is 1310. The van der Waals surface area contributed by atoms with Crippen LogP contribution < -0.4 is 15.4 Å². The molecule has 0 spiro atoms. The number of non-ortho nitro benzene ring substituents is 1. The SMILES string of the molecule is CC(C)(C)OC(=O)NC1CCC(Nc2nccc(-c3ccccc3Oc3ccc([N+](=O)[O-])cc3F)n2)CC1. The molecule has 1 aromatic heterocycles. The average Bonchev–Trinajstić information content (AvgIpc) is 2.86. The highest BCUT2D eigenvalue weighted by atomic mass is 19.1. The summed E-state index contributed by atoms with van der Waals surface area (Å²) in [6.07, 6.45) is 4.48. The maximum Gasteiger partial charge on any atom is 0.407 e. The van der Waals surface area contributed by atoms with Crippen molar-refractivity contribution in [2.24, 2.45) is 0 Å². The summed E-state index contributed by atoms with van der Waals surface area (Å²) in [5.74, 6) is -0.177. The molecule has 0 radical (unpaired) electrons. The number of carbonyl (C=O) groups is 1. The van der Waals surface area contributed by atoms with Crippen LogP contribution in [0.3, 0.4) is 0 Å². The maximum atomic E-state index is 14.4. The predicted octanol–water partition coefficient (Wildman–Crippen LogP) is 6.23. The number of aromatic nitrogens is 2. The second-order valence-corrected chi connectivity index (χ2v) is 10.1. The van der Waals surface area contributed by atoms with Crippen LogP contribution in [-0.4, -0.2) is 38.7 Å². The summed E-state index contributed by atoms with van der Waals surface area (Å²) in [5.41, 5.74) is 0.288. The Hall–Kier alpha value is -4.28. The van der Waals surface area contributed by atoms with E-state index in [0.29, 0.717) is 23.0 Å². The van der Waals surface area contributed by atoms with Crippen molar-refractivity contribution in [3.8, 4) is 22.8 Å². The Kier molecular flexibility index (Phi) is 8.04. The predicted molar refractivity (Wildman–Crippen MR) is 140 cm³/mol. The molecule has 0 bridgehead atoms. The number of nitrogens with zero attached hydrogens (tertiary/aromatic N) is 3. The molecule has 11 heteroatoms. The Morgan fingerprint density at radius 3 is 2.45 bits per heavy atom. The number of benzene rings is 2. The number of alkyl carbamates (subject to hydrolysis) is 1. The fourth-order valence-corrected chi connectivity index (χ4v) is 4.19. The number of anilines is 1. The van der Waals surface area contributed by atoms with Gasteiger partial charge in [-0.15, -0.1) is 0 Å². The summed E-state index contributed by atoms with van der Waals surface area (Å²) < 4.78 is 25.5. The van der Waals surface area contributed by atoms with Crippen LogP contribution in [0.25, 0.3) is 11.3 Å². The maximum absolute atomic E-state index is 14.4. The molecule has 1 heterocycles. The third-order valence-electron chi connectivity index (χ3n) is 5.95. The Morgan fingerprint density at radius 2 is 1.76 bits per heavy atom. The van der Waals surface area contributed by atoms with Crippen LogP contribution in [0.1, 0.15) is 46.5 Å². The topological polar surface area (TPSA) is 129 Å². The van der Waals surface area contributed by atoms with Crippen LogP contribution in [0.5, 0.6) is 11.5 Å². The van der Waals surface area contributed by atoms with Gasteiger partial charge in [0.25, 0.3) is 5.69 Å². The fraction of sp³-hybridized carbons (Fsp3) is 0.370. The third kappa shape index (κ3) is 7.15. The highest BCUT2D eigenvalue weighted by Crippen LogP contribution is 2.34. The lowest BCUT2D eigenvalue weighted by Gasteiger charge is -2.30. The van der Waals surface area contributed by atoms with E-state index in [1.54, 1.807) is 30.5 Å². The average molecular weight is 524 g/mol. The number of nitro groups is 1. The lowest BCUT2D eigenvalue weighted by Crippen LogP contribution is -2.42. The van der Waals surface area contributed by atoms with Crippen molar-refractivity contribution in [2.75, 3.05) is 5.32 Å². The number of para-hydroxylation sites is 1. The fourth-order valence-electron chi connectivity index (χ4n) is 4.19. The number of hydrogen-bond acceptors (Lipinski definition) is 8. The van der Waals surface area contributed by atoms with E-state index in [4.69, 9.17) is 9.47 Å². The van der Waals surface area contributed by atoms with E-state index in [-0.39, 0.29) is 23.5 Å². The molecule has 0 atom stereocenters. The van der Waals surface area contributed by atoms with Crippen molar-refractivity contribution in [1.29, 1.82) is 0 Å². The van der Waals surface area contributed by atoms with Crippen LogP contribution >= 0.6 is 0 Å². The lowest BCUT2D eigenvalue weighted by atomic mass is 9.91. The number of hydrogen-bond donors (Lipinski definition) is 2. The molecule has 2 aromatic carbocycles. The van der Waals surface area contributed by atoms with E-state index in [9.17, 15) is 19.3 Å². The summed E-state index contributed by atoms with van der Waals surface area (Å²) in [5, 5.41) is 17.2. The number of nitro benzene ring substituents is 1. The third-order valence-corrected chi connectivity index (χ3v) is 5.95. The van der Waals surface area contributed by atoms with Gasteiger partial charge in [0.05, 0.1) is 16.7 Å². The van der Waals surface area contributed by atoms with Crippen LogP contribution in [0, 0.1) is 15.9 Å². The van der Waals surface area contributed by atoms with Gasteiger partial charge in [-0.3, -0.25) is 10.1 Å². The molecule has 38 heavy (non-hydrogen) atoms. The van der Waals surface area contributed by atoms with Crippen LogP contribution in [0.15, 0.2) is 54.7 Å². The first kappa shape index (κ1) is 26.8. The van der Waals surface area contributed by atoms with Gasteiger partial charge < -0.3 is 20.1 Å². The summed E-state index contributed by atoms with van der Waals surface area (Å²) >= 11 is 0. The van der Waals surface area contributed by atoms with Crippen LogP contribution in [-0.2, 0) is 4.74 Å². The zero-order chi connectivity index (χ0) is 27.3. The van der Waals surface area contributed by atoms with E-state index in [0.717, 1.165) is 31.7 Å². The smallest absolute Gasteiger partial charge is 0.407 e. The first-order valence-corrected chi connectivity index (χ1v) is 12.4. The second-order valence-electron chi connectivity index (χ2n) is 10.1. The molecule has 0 saturated heterocycles. The zero-order valence-electron chi connectivity index (χ0n) is 21.4. The molecule has 2 N–H and O–H groups in total. The number of rotatable bonds is 7. The monoisotopic (exact) mass is 523 g/mol. The molecular formula is C27H30FN5O5. The van der Waals surface area contributed by atoms with Gasteiger partial charge in [0, 0.05) is 29.9 Å². The van der Waals surface area contributed by atoms with Gasteiger partial charge in [-0.05, 0) is 70.7 Å².